The monoisotopic (exact) mass is 220 g/mol. The quantitative estimate of drug-likeness (QED) is 0.767. The number of phenols is 1. The molecule has 0 aromatic heterocycles. The maximum Gasteiger partial charge on any atom is 0.115 e. The number of phenolic OH excluding ortho intramolecular Hbond substituents is 1. The number of rotatable bonds is 3. The van der Waals surface area contributed by atoms with Crippen molar-refractivity contribution < 1.29 is 5.11 Å². The van der Waals surface area contributed by atoms with Crippen molar-refractivity contribution in [3.63, 3.8) is 0 Å². The first kappa shape index (κ1) is 11.3. The third-order valence-corrected chi connectivity index (χ3v) is 3.19. The summed E-state index contributed by atoms with van der Waals surface area (Å²) in [6.07, 6.45) is 1.19. The van der Waals surface area contributed by atoms with Crippen LogP contribution in [0.25, 0.3) is 0 Å². The Morgan fingerprint density at radius 1 is 1.31 bits per heavy atom. The lowest BCUT2D eigenvalue weighted by Gasteiger charge is -2.20. The summed E-state index contributed by atoms with van der Waals surface area (Å²) in [5.74, 6) is 0.320. The van der Waals surface area contributed by atoms with Gasteiger partial charge in [-0.15, -0.1) is 0 Å². The Hall–Kier alpha value is -1.22. The molecule has 1 unspecified atom stereocenters. The Kier molecular flexibility index (Phi) is 3.34. The molecule has 1 fully saturated rings. The molecule has 0 radical (unpaired) electrons. The molecule has 1 aromatic carbocycles. The van der Waals surface area contributed by atoms with E-state index in [1.807, 2.05) is 12.1 Å². The Morgan fingerprint density at radius 2 is 2.00 bits per heavy atom. The van der Waals surface area contributed by atoms with Gasteiger partial charge in [-0.3, -0.25) is 4.90 Å². The highest BCUT2D eigenvalue weighted by molar-refractivity contribution is 5.46. The normalized spacial score (nSPS) is 21.6. The summed E-state index contributed by atoms with van der Waals surface area (Å²) in [5.41, 5.74) is 1.09. The zero-order chi connectivity index (χ0) is 11.5. The Morgan fingerprint density at radius 3 is 2.56 bits per heavy atom. The van der Waals surface area contributed by atoms with E-state index in [4.69, 9.17) is 0 Å². The fraction of sp³-hybridized carbons (Fsp3) is 0.538. The maximum absolute atomic E-state index is 9.20. The highest BCUT2D eigenvalue weighted by atomic mass is 16.3. The topological polar surface area (TPSA) is 35.5 Å². The number of likely N-dealkylation sites (tertiary alicyclic amines) is 1. The zero-order valence-electron chi connectivity index (χ0n) is 9.98. The molecule has 1 aromatic rings. The molecule has 0 saturated carbocycles. The first-order chi connectivity index (χ1) is 7.65. The summed E-state index contributed by atoms with van der Waals surface area (Å²) in [5, 5.41) is 12.7. The lowest BCUT2D eigenvalue weighted by atomic mass is 10.2. The predicted octanol–water partition coefficient (Wildman–Crippen LogP) is 2.29. The van der Waals surface area contributed by atoms with Crippen LogP contribution in [0.1, 0.15) is 20.3 Å². The number of anilines is 1. The van der Waals surface area contributed by atoms with Gasteiger partial charge >= 0.3 is 0 Å². The molecule has 16 heavy (non-hydrogen) atoms. The van der Waals surface area contributed by atoms with Crippen LogP contribution in [0.5, 0.6) is 5.75 Å². The minimum Gasteiger partial charge on any atom is -0.508 e. The molecule has 1 aliphatic heterocycles. The summed E-state index contributed by atoms with van der Waals surface area (Å²) in [6.45, 7) is 6.76. The van der Waals surface area contributed by atoms with Crippen molar-refractivity contribution in [2.24, 2.45) is 0 Å². The molecule has 1 heterocycles. The highest BCUT2D eigenvalue weighted by Gasteiger charge is 2.23. The van der Waals surface area contributed by atoms with Crippen LogP contribution in [0.3, 0.4) is 0 Å². The van der Waals surface area contributed by atoms with Crippen LogP contribution in [0.15, 0.2) is 24.3 Å². The van der Waals surface area contributed by atoms with Crippen molar-refractivity contribution >= 4 is 5.69 Å². The fourth-order valence-electron chi connectivity index (χ4n) is 2.17. The molecule has 0 bridgehead atoms. The molecule has 2 rings (SSSR count). The molecule has 2 N–H and O–H groups in total. The number of hydrogen-bond donors (Lipinski definition) is 2. The fourth-order valence-corrected chi connectivity index (χ4v) is 2.17. The van der Waals surface area contributed by atoms with Crippen LogP contribution in [0, 0.1) is 0 Å². The van der Waals surface area contributed by atoms with Crippen LogP contribution in [0.2, 0.25) is 0 Å². The minimum atomic E-state index is 0.320. The second kappa shape index (κ2) is 4.74. The summed E-state index contributed by atoms with van der Waals surface area (Å²) in [4.78, 5) is 2.48. The van der Waals surface area contributed by atoms with E-state index in [9.17, 15) is 5.11 Å². The number of hydrogen-bond acceptors (Lipinski definition) is 3. The van der Waals surface area contributed by atoms with Gasteiger partial charge in [-0.05, 0) is 44.5 Å². The van der Waals surface area contributed by atoms with Gasteiger partial charge in [0, 0.05) is 30.9 Å². The molecular formula is C13H20N2O. The van der Waals surface area contributed by atoms with E-state index in [1.165, 1.54) is 13.0 Å². The van der Waals surface area contributed by atoms with Gasteiger partial charge in [0.05, 0.1) is 0 Å². The second-order valence-electron chi connectivity index (χ2n) is 4.77. The predicted molar refractivity (Wildman–Crippen MR) is 66.8 cm³/mol. The van der Waals surface area contributed by atoms with E-state index >= 15 is 0 Å². The van der Waals surface area contributed by atoms with E-state index in [0.717, 1.165) is 12.2 Å². The summed E-state index contributed by atoms with van der Waals surface area (Å²) in [7, 11) is 0. The molecule has 0 amide bonds. The van der Waals surface area contributed by atoms with E-state index < -0.39 is 0 Å². The highest BCUT2D eigenvalue weighted by Crippen LogP contribution is 2.19. The van der Waals surface area contributed by atoms with Gasteiger partial charge in [-0.25, -0.2) is 0 Å². The van der Waals surface area contributed by atoms with Crippen LogP contribution < -0.4 is 5.32 Å². The number of aromatic hydroxyl groups is 1. The Labute approximate surface area is 97.1 Å². The molecule has 1 saturated heterocycles. The van der Waals surface area contributed by atoms with E-state index in [1.54, 1.807) is 12.1 Å². The van der Waals surface area contributed by atoms with Crippen molar-refractivity contribution in [3.8, 4) is 5.75 Å². The minimum absolute atomic E-state index is 0.320. The summed E-state index contributed by atoms with van der Waals surface area (Å²) in [6, 6.07) is 8.45. The second-order valence-corrected chi connectivity index (χ2v) is 4.77. The Balaban J connectivity index is 1.89. The van der Waals surface area contributed by atoms with Crippen LogP contribution in [0.4, 0.5) is 5.69 Å². The third-order valence-electron chi connectivity index (χ3n) is 3.19. The standard InChI is InChI=1S/C13H20N2O/c1-10(2)15-8-7-12(9-15)14-11-3-5-13(16)6-4-11/h3-6,10,12,14,16H,7-9H2,1-2H3. The maximum atomic E-state index is 9.20. The van der Waals surface area contributed by atoms with Crippen LogP contribution in [-0.4, -0.2) is 35.2 Å². The number of nitrogens with zero attached hydrogens (tertiary/aromatic N) is 1. The molecule has 0 aliphatic carbocycles. The molecule has 1 atom stereocenters. The third kappa shape index (κ3) is 2.67. The van der Waals surface area contributed by atoms with Crippen molar-refractivity contribution in [2.75, 3.05) is 18.4 Å². The van der Waals surface area contributed by atoms with Crippen molar-refractivity contribution in [1.82, 2.24) is 4.90 Å². The van der Waals surface area contributed by atoms with Crippen molar-refractivity contribution in [3.05, 3.63) is 24.3 Å². The van der Waals surface area contributed by atoms with Gasteiger partial charge in [0.15, 0.2) is 0 Å². The van der Waals surface area contributed by atoms with Crippen LogP contribution >= 0.6 is 0 Å². The van der Waals surface area contributed by atoms with E-state index in [0.29, 0.717) is 17.8 Å². The zero-order valence-corrected chi connectivity index (χ0v) is 9.98. The molecular weight excluding hydrogens is 200 g/mol. The van der Waals surface area contributed by atoms with E-state index in [-0.39, 0.29) is 0 Å². The Bertz CT molecular complexity index is 334. The summed E-state index contributed by atoms with van der Waals surface area (Å²) >= 11 is 0. The van der Waals surface area contributed by atoms with E-state index in [2.05, 4.69) is 24.1 Å². The molecule has 0 spiro atoms. The average Bonchev–Trinajstić information content (AvgIpc) is 2.70. The molecule has 3 heteroatoms. The smallest absolute Gasteiger partial charge is 0.115 e. The van der Waals surface area contributed by atoms with Crippen molar-refractivity contribution in [1.29, 1.82) is 0 Å². The molecule has 88 valence electrons. The first-order valence-electron chi connectivity index (χ1n) is 5.95. The largest absolute Gasteiger partial charge is 0.508 e. The van der Waals surface area contributed by atoms with Crippen molar-refractivity contribution in [2.45, 2.75) is 32.4 Å². The lowest BCUT2D eigenvalue weighted by molar-refractivity contribution is 0.274. The molecule has 1 aliphatic rings. The van der Waals surface area contributed by atoms with Gasteiger partial charge in [0.25, 0.3) is 0 Å². The SMILES string of the molecule is CC(C)N1CCC(Nc2ccc(O)cc2)C1. The van der Waals surface area contributed by atoms with Gasteiger partial charge < -0.3 is 10.4 Å². The van der Waals surface area contributed by atoms with Gasteiger partial charge in [-0.2, -0.15) is 0 Å². The number of benzene rings is 1. The first-order valence-corrected chi connectivity index (χ1v) is 5.95. The lowest BCUT2D eigenvalue weighted by Crippen LogP contribution is -2.31. The van der Waals surface area contributed by atoms with Gasteiger partial charge in [0.2, 0.25) is 0 Å². The molecule has 3 nitrogen and oxygen atoms in total. The van der Waals surface area contributed by atoms with Gasteiger partial charge in [-0.1, -0.05) is 0 Å². The van der Waals surface area contributed by atoms with Gasteiger partial charge in [0.1, 0.15) is 5.75 Å². The van der Waals surface area contributed by atoms with Crippen LogP contribution in [-0.2, 0) is 0 Å². The number of nitrogens with one attached hydrogen (secondary N) is 1. The summed E-state index contributed by atoms with van der Waals surface area (Å²) < 4.78 is 0. The average molecular weight is 220 g/mol.